The van der Waals surface area contributed by atoms with E-state index in [0.717, 1.165) is 60.0 Å². The monoisotopic (exact) mass is 365 g/mol. The molecule has 4 rings (SSSR count). The van der Waals surface area contributed by atoms with Crippen LogP contribution in [0.1, 0.15) is 30.1 Å². The molecule has 5 nitrogen and oxygen atoms in total. The Labute approximate surface area is 158 Å². The Balaban J connectivity index is 1.50. The molecule has 2 aromatic heterocycles. The molecule has 1 N–H and O–H groups in total. The van der Waals surface area contributed by atoms with Gasteiger partial charge in [0.2, 0.25) is 0 Å². The van der Waals surface area contributed by atoms with Crippen LogP contribution in [0.3, 0.4) is 0 Å². The maximum Gasteiger partial charge on any atom is 0.149 e. The lowest BCUT2D eigenvalue weighted by Gasteiger charge is -2.34. The molecule has 0 spiro atoms. The molecule has 1 aliphatic heterocycles. The van der Waals surface area contributed by atoms with Crippen molar-refractivity contribution in [3.63, 3.8) is 0 Å². The SMILES string of the molecule is Cc1cc(N2CCC(Nc3cc(C)nc4c(F)cccc34)CC2)nc(C)n1. The first-order chi connectivity index (χ1) is 13.0. The van der Waals surface area contributed by atoms with Crippen LogP contribution < -0.4 is 10.2 Å². The third-order valence-corrected chi connectivity index (χ3v) is 5.05. The van der Waals surface area contributed by atoms with E-state index < -0.39 is 0 Å². The lowest BCUT2D eigenvalue weighted by molar-refractivity contribution is 0.523. The van der Waals surface area contributed by atoms with Crippen LogP contribution >= 0.6 is 0 Å². The topological polar surface area (TPSA) is 53.9 Å². The predicted octanol–water partition coefficient (Wildman–Crippen LogP) is 4.17. The summed E-state index contributed by atoms with van der Waals surface area (Å²) in [5.74, 6) is 1.54. The quantitative estimate of drug-likeness (QED) is 0.755. The van der Waals surface area contributed by atoms with E-state index in [4.69, 9.17) is 0 Å². The van der Waals surface area contributed by atoms with Crippen LogP contribution in [0.4, 0.5) is 15.9 Å². The molecule has 27 heavy (non-hydrogen) atoms. The number of rotatable bonds is 3. The van der Waals surface area contributed by atoms with Crippen LogP contribution in [0, 0.1) is 26.6 Å². The number of pyridine rings is 1. The van der Waals surface area contributed by atoms with Gasteiger partial charge in [-0.15, -0.1) is 0 Å². The summed E-state index contributed by atoms with van der Waals surface area (Å²) in [4.78, 5) is 15.6. The van der Waals surface area contributed by atoms with Crippen molar-refractivity contribution in [2.24, 2.45) is 0 Å². The Morgan fingerprint density at radius 2 is 1.74 bits per heavy atom. The van der Waals surface area contributed by atoms with Crippen molar-refractivity contribution in [1.29, 1.82) is 0 Å². The second-order valence-corrected chi connectivity index (χ2v) is 7.27. The molecule has 0 saturated carbocycles. The third kappa shape index (κ3) is 3.70. The Morgan fingerprint density at radius 3 is 2.48 bits per heavy atom. The Bertz CT molecular complexity index is 959. The van der Waals surface area contributed by atoms with Crippen LogP contribution in [0.15, 0.2) is 30.3 Å². The van der Waals surface area contributed by atoms with Gasteiger partial charge >= 0.3 is 0 Å². The van der Waals surface area contributed by atoms with E-state index in [1.165, 1.54) is 6.07 Å². The zero-order chi connectivity index (χ0) is 19.0. The van der Waals surface area contributed by atoms with Crippen molar-refractivity contribution >= 4 is 22.4 Å². The average Bonchev–Trinajstić information content (AvgIpc) is 2.62. The molecular formula is C21H24FN5. The van der Waals surface area contributed by atoms with E-state index in [1.54, 1.807) is 6.07 Å². The fourth-order valence-electron chi connectivity index (χ4n) is 3.79. The summed E-state index contributed by atoms with van der Waals surface area (Å²) in [6, 6.07) is 9.52. The lowest BCUT2D eigenvalue weighted by Crippen LogP contribution is -2.39. The van der Waals surface area contributed by atoms with Gasteiger partial charge in [0.1, 0.15) is 23.0 Å². The predicted molar refractivity (Wildman–Crippen MR) is 107 cm³/mol. The number of aromatic nitrogens is 3. The van der Waals surface area contributed by atoms with E-state index in [2.05, 4.69) is 25.2 Å². The maximum absolute atomic E-state index is 14.1. The fraction of sp³-hybridized carbons (Fsp3) is 0.381. The molecule has 0 radical (unpaired) electrons. The average molecular weight is 365 g/mol. The number of hydrogen-bond acceptors (Lipinski definition) is 5. The van der Waals surface area contributed by atoms with Gasteiger partial charge in [0.25, 0.3) is 0 Å². The molecule has 0 unspecified atom stereocenters. The Morgan fingerprint density at radius 1 is 1.00 bits per heavy atom. The number of fused-ring (bicyclic) bond motifs is 1. The second-order valence-electron chi connectivity index (χ2n) is 7.27. The minimum Gasteiger partial charge on any atom is -0.382 e. The molecule has 1 aromatic carbocycles. The highest BCUT2D eigenvalue weighted by molar-refractivity contribution is 5.91. The second kappa shape index (κ2) is 7.10. The minimum absolute atomic E-state index is 0.274. The molecule has 0 amide bonds. The highest BCUT2D eigenvalue weighted by Crippen LogP contribution is 2.28. The summed E-state index contributed by atoms with van der Waals surface area (Å²) < 4.78 is 14.1. The molecule has 1 saturated heterocycles. The Hall–Kier alpha value is -2.76. The molecule has 140 valence electrons. The van der Waals surface area contributed by atoms with Crippen molar-refractivity contribution < 1.29 is 4.39 Å². The normalized spacial score (nSPS) is 15.3. The first-order valence-corrected chi connectivity index (χ1v) is 9.39. The van der Waals surface area contributed by atoms with E-state index in [-0.39, 0.29) is 5.82 Å². The smallest absolute Gasteiger partial charge is 0.149 e. The number of anilines is 2. The molecule has 0 atom stereocenters. The van der Waals surface area contributed by atoms with E-state index in [1.807, 2.05) is 39.0 Å². The van der Waals surface area contributed by atoms with Crippen LogP contribution in [0.25, 0.3) is 10.9 Å². The number of aryl methyl sites for hydroxylation is 3. The number of para-hydroxylation sites is 1. The van der Waals surface area contributed by atoms with Gasteiger partial charge in [-0.3, -0.25) is 0 Å². The molecule has 1 aliphatic rings. The van der Waals surface area contributed by atoms with Crippen LogP contribution in [-0.2, 0) is 0 Å². The number of piperidine rings is 1. The molecule has 3 aromatic rings. The molecule has 0 bridgehead atoms. The van der Waals surface area contributed by atoms with Crippen molar-refractivity contribution in [1.82, 2.24) is 15.0 Å². The highest BCUT2D eigenvalue weighted by Gasteiger charge is 2.21. The lowest BCUT2D eigenvalue weighted by atomic mass is 10.0. The first kappa shape index (κ1) is 17.6. The van der Waals surface area contributed by atoms with E-state index in [0.29, 0.717) is 11.6 Å². The zero-order valence-corrected chi connectivity index (χ0v) is 16.0. The van der Waals surface area contributed by atoms with Crippen molar-refractivity contribution in [2.45, 2.75) is 39.7 Å². The summed E-state index contributed by atoms with van der Waals surface area (Å²) >= 11 is 0. The highest BCUT2D eigenvalue weighted by atomic mass is 19.1. The zero-order valence-electron chi connectivity index (χ0n) is 16.0. The number of hydrogen-bond donors (Lipinski definition) is 1. The molecule has 6 heteroatoms. The largest absolute Gasteiger partial charge is 0.382 e. The van der Waals surface area contributed by atoms with Gasteiger partial charge in [-0.25, -0.2) is 19.3 Å². The van der Waals surface area contributed by atoms with Gasteiger partial charge in [0.05, 0.1) is 0 Å². The van der Waals surface area contributed by atoms with Gasteiger partial charge in [-0.1, -0.05) is 12.1 Å². The summed E-state index contributed by atoms with van der Waals surface area (Å²) in [7, 11) is 0. The molecule has 1 fully saturated rings. The fourth-order valence-corrected chi connectivity index (χ4v) is 3.79. The summed E-state index contributed by atoms with van der Waals surface area (Å²) in [6.07, 6.45) is 2.00. The van der Waals surface area contributed by atoms with Crippen molar-refractivity contribution in [3.05, 3.63) is 53.4 Å². The number of nitrogens with one attached hydrogen (secondary N) is 1. The van der Waals surface area contributed by atoms with E-state index in [9.17, 15) is 4.39 Å². The maximum atomic E-state index is 14.1. The molecule has 3 heterocycles. The third-order valence-electron chi connectivity index (χ3n) is 5.05. The van der Waals surface area contributed by atoms with Crippen molar-refractivity contribution in [3.8, 4) is 0 Å². The van der Waals surface area contributed by atoms with Crippen LogP contribution in [0.2, 0.25) is 0 Å². The molecule has 0 aliphatic carbocycles. The summed E-state index contributed by atoms with van der Waals surface area (Å²) in [5, 5.41) is 4.46. The Kier molecular flexibility index (Phi) is 4.64. The summed E-state index contributed by atoms with van der Waals surface area (Å²) in [5.41, 5.74) is 3.21. The number of benzene rings is 1. The first-order valence-electron chi connectivity index (χ1n) is 9.39. The van der Waals surface area contributed by atoms with Gasteiger partial charge < -0.3 is 10.2 Å². The van der Waals surface area contributed by atoms with Gasteiger partial charge in [0, 0.05) is 47.7 Å². The number of halogens is 1. The summed E-state index contributed by atoms with van der Waals surface area (Å²) in [6.45, 7) is 7.70. The minimum atomic E-state index is -0.274. The van der Waals surface area contributed by atoms with Gasteiger partial charge in [-0.2, -0.15) is 0 Å². The van der Waals surface area contributed by atoms with E-state index >= 15 is 0 Å². The van der Waals surface area contributed by atoms with Crippen LogP contribution in [0.5, 0.6) is 0 Å². The molecular weight excluding hydrogens is 341 g/mol. The standard InChI is InChI=1S/C21H24FN5/c1-13-11-19(17-5-4-6-18(22)21(17)24-13)26-16-7-9-27(10-8-16)20-12-14(2)23-15(3)25-20/h4-6,11-12,16H,7-10H2,1-3H3,(H,24,26). The van der Waals surface area contributed by atoms with Gasteiger partial charge in [-0.05, 0) is 45.7 Å². The van der Waals surface area contributed by atoms with Crippen LogP contribution in [-0.4, -0.2) is 34.1 Å². The van der Waals surface area contributed by atoms with Crippen molar-refractivity contribution in [2.75, 3.05) is 23.3 Å². The van der Waals surface area contributed by atoms with Gasteiger partial charge in [0.15, 0.2) is 0 Å². The number of nitrogens with zero attached hydrogens (tertiary/aromatic N) is 4.